The first kappa shape index (κ1) is 22.6. The molecule has 172 valence electrons. The molecule has 7 nitrogen and oxygen atoms in total. The lowest BCUT2D eigenvalue weighted by Gasteiger charge is -2.22. The third-order valence-electron chi connectivity index (χ3n) is 5.56. The Hall–Kier alpha value is -3.61. The molecule has 0 bridgehead atoms. The molecular formula is C26H29N3O4. The van der Waals surface area contributed by atoms with Gasteiger partial charge in [0, 0.05) is 23.6 Å². The van der Waals surface area contributed by atoms with Crippen LogP contribution in [-0.4, -0.2) is 21.5 Å². The Balaban J connectivity index is 1.90. The monoisotopic (exact) mass is 447 g/mol. The van der Waals surface area contributed by atoms with Crippen molar-refractivity contribution in [1.82, 2.24) is 15.1 Å². The highest BCUT2D eigenvalue weighted by molar-refractivity contribution is 5.94. The number of carbonyl (C=O) groups is 1. The molecule has 0 unspecified atom stereocenters. The van der Waals surface area contributed by atoms with Gasteiger partial charge >= 0.3 is 6.09 Å². The van der Waals surface area contributed by atoms with Crippen molar-refractivity contribution in [3.8, 4) is 11.5 Å². The highest BCUT2D eigenvalue weighted by atomic mass is 16.6. The van der Waals surface area contributed by atoms with Crippen LogP contribution in [0, 0.1) is 13.8 Å². The number of hydrogen-bond donors (Lipinski definition) is 1. The van der Waals surface area contributed by atoms with E-state index in [0.29, 0.717) is 33.6 Å². The zero-order valence-electron chi connectivity index (χ0n) is 20.1. The molecule has 2 heterocycles. The first-order chi connectivity index (χ1) is 15.5. The van der Waals surface area contributed by atoms with Gasteiger partial charge in [0.2, 0.25) is 0 Å². The maximum absolute atomic E-state index is 13.4. The van der Waals surface area contributed by atoms with E-state index >= 15 is 0 Å². The molecule has 0 aliphatic carbocycles. The van der Waals surface area contributed by atoms with Crippen molar-refractivity contribution in [3.05, 3.63) is 63.3 Å². The van der Waals surface area contributed by atoms with Gasteiger partial charge in [-0.25, -0.2) is 4.79 Å². The van der Waals surface area contributed by atoms with Crippen LogP contribution < -0.4 is 10.7 Å². The lowest BCUT2D eigenvalue weighted by atomic mass is 9.99. The summed E-state index contributed by atoms with van der Waals surface area (Å²) in [5.41, 5.74) is 3.36. The minimum atomic E-state index is -0.616. The summed E-state index contributed by atoms with van der Waals surface area (Å²) in [6, 6.07) is 11.1. The van der Waals surface area contributed by atoms with Gasteiger partial charge in [-0.3, -0.25) is 9.48 Å². The lowest BCUT2D eigenvalue weighted by Crippen LogP contribution is -2.34. The second-order valence-electron chi connectivity index (χ2n) is 9.47. The van der Waals surface area contributed by atoms with Crippen molar-refractivity contribution >= 4 is 28.0 Å². The molecule has 1 atom stereocenters. The Bertz CT molecular complexity index is 1440. The maximum atomic E-state index is 13.4. The van der Waals surface area contributed by atoms with Crippen molar-refractivity contribution in [2.24, 2.45) is 7.05 Å². The molecule has 4 aromatic rings. The molecule has 4 rings (SSSR count). The van der Waals surface area contributed by atoms with Gasteiger partial charge in [-0.05, 0) is 59.2 Å². The number of aryl methyl sites for hydroxylation is 2. The number of ether oxygens (including phenoxy) is 1. The summed E-state index contributed by atoms with van der Waals surface area (Å²) >= 11 is 0. The quantitative estimate of drug-likeness (QED) is 0.445. The average molecular weight is 448 g/mol. The Morgan fingerprint density at radius 1 is 1.15 bits per heavy atom. The summed E-state index contributed by atoms with van der Waals surface area (Å²) in [4.78, 5) is 25.8. The molecule has 1 amide bonds. The van der Waals surface area contributed by atoms with Crippen LogP contribution in [0.4, 0.5) is 4.79 Å². The van der Waals surface area contributed by atoms with E-state index in [1.165, 1.54) is 0 Å². The van der Waals surface area contributed by atoms with E-state index in [1.54, 1.807) is 11.6 Å². The van der Waals surface area contributed by atoms with Gasteiger partial charge in [0.15, 0.2) is 11.2 Å². The Morgan fingerprint density at radius 2 is 1.85 bits per heavy atom. The number of hydrogen-bond acceptors (Lipinski definition) is 5. The molecule has 7 heteroatoms. The summed E-state index contributed by atoms with van der Waals surface area (Å²) < 4.78 is 13.6. The number of nitrogens with one attached hydrogen (secondary N) is 1. The van der Waals surface area contributed by atoms with E-state index < -0.39 is 17.7 Å². The summed E-state index contributed by atoms with van der Waals surface area (Å²) in [5, 5.41) is 8.88. The first-order valence-electron chi connectivity index (χ1n) is 11.0. The van der Waals surface area contributed by atoms with Crippen LogP contribution in [0.1, 0.15) is 50.4 Å². The zero-order chi connectivity index (χ0) is 24.1. The summed E-state index contributed by atoms with van der Waals surface area (Å²) in [7, 11) is 1.86. The fraction of sp³-hybridized carbons (Fsp3) is 0.346. The molecular weight excluding hydrogens is 418 g/mol. The van der Waals surface area contributed by atoms with E-state index in [-0.39, 0.29) is 5.43 Å². The predicted octanol–water partition coefficient (Wildman–Crippen LogP) is 5.55. The van der Waals surface area contributed by atoms with Gasteiger partial charge in [0.25, 0.3) is 0 Å². The number of benzene rings is 2. The SMILES string of the molecule is Cc1cc([C@@H](C)NC(=O)OC(C)(C)C)c2oc(-c3nn(C)c4ccccc34)c(C)c(=O)c2c1. The van der Waals surface area contributed by atoms with Crippen molar-refractivity contribution in [1.29, 1.82) is 0 Å². The number of carbonyl (C=O) groups excluding carboxylic acids is 1. The van der Waals surface area contributed by atoms with Crippen molar-refractivity contribution < 1.29 is 13.9 Å². The van der Waals surface area contributed by atoms with Crippen LogP contribution in [0.5, 0.6) is 0 Å². The highest BCUT2D eigenvalue weighted by Gasteiger charge is 2.24. The van der Waals surface area contributed by atoms with E-state index in [1.807, 2.05) is 78.1 Å². The molecule has 2 aromatic heterocycles. The number of rotatable bonds is 3. The van der Waals surface area contributed by atoms with Crippen LogP contribution in [0.2, 0.25) is 0 Å². The first-order valence-corrected chi connectivity index (χ1v) is 11.0. The van der Waals surface area contributed by atoms with Gasteiger partial charge in [0.05, 0.1) is 16.9 Å². The molecule has 0 aliphatic rings. The van der Waals surface area contributed by atoms with Gasteiger partial charge < -0.3 is 14.5 Å². The molecule has 0 radical (unpaired) electrons. The molecule has 0 saturated heterocycles. The molecule has 0 aliphatic heterocycles. The molecule has 0 spiro atoms. The van der Waals surface area contributed by atoms with Gasteiger partial charge in [-0.2, -0.15) is 5.10 Å². The number of nitrogens with zero attached hydrogens (tertiary/aromatic N) is 2. The summed E-state index contributed by atoms with van der Waals surface area (Å²) in [5.74, 6) is 0.430. The third kappa shape index (κ3) is 4.23. The van der Waals surface area contributed by atoms with Crippen molar-refractivity contribution in [3.63, 3.8) is 0 Å². The largest absolute Gasteiger partial charge is 0.453 e. The van der Waals surface area contributed by atoms with Crippen LogP contribution >= 0.6 is 0 Å². The topological polar surface area (TPSA) is 86.4 Å². The van der Waals surface area contributed by atoms with Gasteiger partial charge in [0.1, 0.15) is 16.9 Å². The normalized spacial score (nSPS) is 12.8. The Kier molecular flexibility index (Phi) is 5.52. The van der Waals surface area contributed by atoms with E-state index in [0.717, 1.165) is 16.5 Å². The minimum Gasteiger partial charge on any atom is -0.453 e. The lowest BCUT2D eigenvalue weighted by molar-refractivity contribution is 0.0508. The second kappa shape index (κ2) is 8.06. The van der Waals surface area contributed by atoms with Crippen LogP contribution in [0.25, 0.3) is 33.3 Å². The Morgan fingerprint density at radius 3 is 2.55 bits per heavy atom. The van der Waals surface area contributed by atoms with Crippen LogP contribution in [-0.2, 0) is 11.8 Å². The minimum absolute atomic E-state index is 0.115. The number of alkyl carbamates (subject to hydrolysis) is 1. The fourth-order valence-electron chi connectivity index (χ4n) is 4.06. The van der Waals surface area contributed by atoms with Gasteiger partial charge in [-0.15, -0.1) is 0 Å². The smallest absolute Gasteiger partial charge is 0.408 e. The van der Waals surface area contributed by atoms with E-state index in [4.69, 9.17) is 9.15 Å². The number of para-hydroxylation sites is 1. The van der Waals surface area contributed by atoms with E-state index in [9.17, 15) is 9.59 Å². The molecule has 0 fully saturated rings. The third-order valence-corrected chi connectivity index (χ3v) is 5.56. The molecule has 0 saturated carbocycles. The number of fused-ring (bicyclic) bond motifs is 2. The van der Waals surface area contributed by atoms with Crippen molar-refractivity contribution in [2.75, 3.05) is 0 Å². The molecule has 33 heavy (non-hydrogen) atoms. The number of amides is 1. The molecule has 2 aromatic carbocycles. The van der Waals surface area contributed by atoms with Gasteiger partial charge in [-0.1, -0.05) is 24.3 Å². The van der Waals surface area contributed by atoms with Crippen LogP contribution in [0.3, 0.4) is 0 Å². The maximum Gasteiger partial charge on any atom is 0.408 e. The average Bonchev–Trinajstić information content (AvgIpc) is 3.05. The van der Waals surface area contributed by atoms with Crippen molar-refractivity contribution in [2.45, 2.75) is 53.2 Å². The number of aromatic nitrogens is 2. The highest BCUT2D eigenvalue weighted by Crippen LogP contribution is 2.33. The summed E-state index contributed by atoms with van der Waals surface area (Å²) in [6.07, 6.45) is -0.532. The summed E-state index contributed by atoms with van der Waals surface area (Å²) in [6.45, 7) is 10.9. The second-order valence-corrected chi connectivity index (χ2v) is 9.47. The molecule has 1 N–H and O–H groups in total. The van der Waals surface area contributed by atoms with E-state index in [2.05, 4.69) is 10.4 Å². The predicted molar refractivity (Wildman–Crippen MR) is 129 cm³/mol. The standard InChI is InChI=1S/C26H29N3O4/c1-14-12-18(16(3)27-25(31)33-26(4,5)6)24-19(13-14)22(30)15(2)23(32-24)21-17-10-8-9-11-20(17)29(7)28-21/h8-13,16H,1-7H3,(H,27,31)/t16-/m1/s1. The fourth-order valence-corrected chi connectivity index (χ4v) is 4.06. The Labute approximate surface area is 192 Å². The van der Waals surface area contributed by atoms with Crippen LogP contribution in [0.15, 0.2) is 45.6 Å². The zero-order valence-corrected chi connectivity index (χ0v) is 20.1.